The second-order valence-corrected chi connectivity index (χ2v) is 7.19. The van der Waals surface area contributed by atoms with Gasteiger partial charge in [0.15, 0.2) is 19.1 Å². The summed E-state index contributed by atoms with van der Waals surface area (Å²) in [7, 11) is -1.99. The third-order valence-electron chi connectivity index (χ3n) is 2.50. The fourth-order valence-corrected chi connectivity index (χ4v) is 3.43. The molecule has 1 heterocycles. The molecule has 2 aromatic rings. The number of anilines is 1. The van der Waals surface area contributed by atoms with Crippen LogP contribution in [0.25, 0.3) is 0 Å². The van der Waals surface area contributed by atoms with E-state index < -0.39 is 14.2 Å². The van der Waals surface area contributed by atoms with Gasteiger partial charge in [-0.15, -0.1) is 0 Å². The lowest BCUT2D eigenvalue weighted by atomic mass is 10.3. The number of aromatic nitrogens is 2. The molecule has 0 aliphatic rings. The topological polar surface area (TPSA) is 124 Å². The summed E-state index contributed by atoms with van der Waals surface area (Å²) >= 11 is 4.22. The number of amidine groups is 1. The van der Waals surface area contributed by atoms with Crippen molar-refractivity contribution in [2.24, 2.45) is 5.16 Å². The smallest absolute Gasteiger partial charge is 0.202 e. The summed E-state index contributed by atoms with van der Waals surface area (Å²) in [4.78, 5) is 17.8. The van der Waals surface area contributed by atoms with Gasteiger partial charge in [-0.2, -0.15) is 0 Å². The lowest BCUT2D eigenvalue weighted by Crippen LogP contribution is -2.15. The minimum Gasteiger partial charge on any atom is -0.409 e. The number of thioether (sulfide) groups is 1. The average Bonchev–Trinajstić information content (AvgIpc) is 2.96. The van der Waals surface area contributed by atoms with Crippen LogP contribution >= 0.6 is 36.1 Å². The zero-order valence-corrected chi connectivity index (χ0v) is 14.6. The van der Waals surface area contributed by atoms with Crippen molar-refractivity contribution >= 4 is 47.6 Å². The lowest BCUT2D eigenvalue weighted by molar-refractivity contribution is 0.297. The monoisotopic (exact) mass is 424 g/mol. The predicted octanol–water partition coefficient (Wildman–Crippen LogP) is 2.61. The van der Waals surface area contributed by atoms with Gasteiger partial charge in [-0.1, -0.05) is 16.9 Å². The highest BCUT2D eigenvalue weighted by molar-refractivity contribution is 9.10. The molecule has 0 aliphatic heterocycles. The molecule has 0 aliphatic carbocycles. The SMILES string of the molecule is O/N=C(\Nc1ccc(F)c(Br)c1)c1nonc1SCCP(O)O. The summed E-state index contributed by atoms with van der Waals surface area (Å²) in [6.07, 6.45) is 0.191. The fourth-order valence-electron chi connectivity index (χ4n) is 1.49. The Hall–Kier alpha value is -1.26. The number of rotatable bonds is 6. The number of oxime groups is 1. The Bertz CT molecular complexity index is 702. The largest absolute Gasteiger partial charge is 0.409 e. The molecule has 1 aromatic heterocycles. The number of hydrogen-bond donors (Lipinski definition) is 4. The van der Waals surface area contributed by atoms with Crippen LogP contribution < -0.4 is 5.32 Å². The Labute approximate surface area is 143 Å². The summed E-state index contributed by atoms with van der Waals surface area (Å²) in [6, 6.07) is 4.16. The van der Waals surface area contributed by atoms with Gasteiger partial charge in [0.2, 0.25) is 5.84 Å². The van der Waals surface area contributed by atoms with E-state index in [9.17, 15) is 4.39 Å². The molecule has 1 aromatic carbocycles. The molecular weight excluding hydrogens is 414 g/mol. The van der Waals surface area contributed by atoms with Gasteiger partial charge in [-0.05, 0) is 44.4 Å². The van der Waals surface area contributed by atoms with Crippen LogP contribution in [-0.2, 0) is 0 Å². The summed E-state index contributed by atoms with van der Waals surface area (Å²) in [5, 5.41) is 22.7. The molecule has 4 N–H and O–H groups in total. The Balaban J connectivity index is 2.12. The maximum absolute atomic E-state index is 13.2. The number of nitrogens with one attached hydrogen (secondary N) is 1. The zero-order valence-electron chi connectivity index (χ0n) is 11.3. The van der Waals surface area contributed by atoms with Gasteiger partial charge in [0.1, 0.15) is 5.82 Å². The Morgan fingerprint density at radius 1 is 1.43 bits per heavy atom. The van der Waals surface area contributed by atoms with Gasteiger partial charge in [0.25, 0.3) is 0 Å². The molecule has 0 fully saturated rings. The molecule has 124 valence electrons. The number of benzene rings is 1. The van der Waals surface area contributed by atoms with Crippen molar-refractivity contribution in [2.45, 2.75) is 5.03 Å². The van der Waals surface area contributed by atoms with E-state index in [0.717, 1.165) is 0 Å². The van der Waals surface area contributed by atoms with E-state index in [1.165, 1.54) is 30.0 Å². The van der Waals surface area contributed by atoms with E-state index in [2.05, 4.69) is 41.3 Å². The molecule has 23 heavy (non-hydrogen) atoms. The summed E-state index contributed by atoms with van der Waals surface area (Å²) < 4.78 is 18.1. The van der Waals surface area contributed by atoms with E-state index in [-0.39, 0.29) is 22.2 Å². The Morgan fingerprint density at radius 3 is 2.87 bits per heavy atom. The Morgan fingerprint density at radius 2 is 2.22 bits per heavy atom. The summed E-state index contributed by atoms with van der Waals surface area (Å²) in [5.74, 6) is -0.0924. The van der Waals surface area contributed by atoms with Crippen molar-refractivity contribution in [3.05, 3.63) is 34.2 Å². The van der Waals surface area contributed by atoms with Gasteiger partial charge in [0, 0.05) is 17.6 Å². The first-order valence-corrected chi connectivity index (χ1v) is 9.27. The molecule has 2 rings (SSSR count). The highest BCUT2D eigenvalue weighted by Crippen LogP contribution is 2.28. The molecule has 0 spiro atoms. The van der Waals surface area contributed by atoms with Gasteiger partial charge < -0.3 is 20.3 Å². The van der Waals surface area contributed by atoms with Crippen molar-refractivity contribution in [2.75, 3.05) is 17.2 Å². The summed E-state index contributed by atoms with van der Waals surface area (Å²) in [5.41, 5.74) is 0.609. The molecule has 12 heteroatoms. The molecule has 0 atom stereocenters. The van der Waals surface area contributed by atoms with E-state index in [1.807, 2.05) is 0 Å². The van der Waals surface area contributed by atoms with Gasteiger partial charge in [-0.3, -0.25) is 0 Å². The van der Waals surface area contributed by atoms with E-state index >= 15 is 0 Å². The van der Waals surface area contributed by atoms with Crippen molar-refractivity contribution in [1.82, 2.24) is 10.3 Å². The van der Waals surface area contributed by atoms with Crippen LogP contribution in [0, 0.1) is 5.82 Å². The molecule has 0 saturated heterocycles. The fraction of sp³-hybridized carbons (Fsp3) is 0.182. The number of halogens is 2. The van der Waals surface area contributed by atoms with Crippen LogP contribution in [0.4, 0.5) is 10.1 Å². The van der Waals surface area contributed by atoms with Crippen LogP contribution in [0.5, 0.6) is 0 Å². The standard InChI is InChI=1S/C11H11BrFN4O4PS/c12-7-5-6(1-2-8(7)13)14-10(15-18)9-11(17-21-16-9)23-4-3-22(19)20/h1-2,5,18-20H,3-4H2,(H,14,15). The number of nitrogens with zero attached hydrogens (tertiary/aromatic N) is 3. The maximum Gasteiger partial charge on any atom is 0.202 e. The first-order valence-electron chi connectivity index (χ1n) is 6.06. The quantitative estimate of drug-likeness (QED) is 0.139. The lowest BCUT2D eigenvalue weighted by Gasteiger charge is -2.07. The van der Waals surface area contributed by atoms with Crippen molar-refractivity contribution in [3.8, 4) is 0 Å². The second kappa shape index (κ2) is 8.55. The normalized spacial score (nSPS) is 12.0. The molecule has 8 nitrogen and oxygen atoms in total. The molecule has 0 radical (unpaired) electrons. The second-order valence-electron chi connectivity index (χ2n) is 4.06. The third-order valence-corrected chi connectivity index (χ3v) is 4.98. The third kappa shape index (κ3) is 5.11. The maximum atomic E-state index is 13.2. The minimum absolute atomic E-state index is 0.0393. The first-order chi connectivity index (χ1) is 11.0. The molecular formula is C11H11BrFN4O4PS. The van der Waals surface area contributed by atoms with Crippen LogP contribution in [-0.4, -0.2) is 43.1 Å². The van der Waals surface area contributed by atoms with Crippen molar-refractivity contribution in [1.29, 1.82) is 0 Å². The highest BCUT2D eigenvalue weighted by Gasteiger charge is 2.18. The van der Waals surface area contributed by atoms with Gasteiger partial charge in [0.05, 0.1) is 4.47 Å². The van der Waals surface area contributed by atoms with E-state index in [0.29, 0.717) is 16.5 Å². The van der Waals surface area contributed by atoms with Crippen molar-refractivity contribution < 1.29 is 24.0 Å². The van der Waals surface area contributed by atoms with Crippen molar-refractivity contribution in [3.63, 3.8) is 0 Å². The van der Waals surface area contributed by atoms with E-state index in [1.54, 1.807) is 0 Å². The minimum atomic E-state index is -1.99. The summed E-state index contributed by atoms with van der Waals surface area (Å²) in [6.45, 7) is 0. The number of hydrogen-bond acceptors (Lipinski definition) is 8. The van der Waals surface area contributed by atoms with Crippen LogP contribution in [0.1, 0.15) is 5.69 Å². The van der Waals surface area contributed by atoms with E-state index in [4.69, 9.17) is 15.0 Å². The highest BCUT2D eigenvalue weighted by atomic mass is 79.9. The van der Waals surface area contributed by atoms with Crippen LogP contribution in [0.2, 0.25) is 0 Å². The van der Waals surface area contributed by atoms with Gasteiger partial charge >= 0.3 is 0 Å². The Kier molecular flexibility index (Phi) is 6.72. The van der Waals surface area contributed by atoms with Crippen LogP contribution in [0.3, 0.4) is 0 Å². The first kappa shape index (κ1) is 18.1. The average molecular weight is 425 g/mol. The molecule has 0 unspecified atom stereocenters. The zero-order chi connectivity index (χ0) is 16.8. The van der Waals surface area contributed by atoms with Gasteiger partial charge in [-0.25, -0.2) is 9.02 Å². The van der Waals surface area contributed by atoms with Crippen LogP contribution in [0.15, 0.2) is 37.5 Å². The predicted molar refractivity (Wildman–Crippen MR) is 87.3 cm³/mol. The molecule has 0 bridgehead atoms. The molecule has 0 amide bonds. The molecule has 0 saturated carbocycles.